The molecular formula is C19H20F3N3O3. The molecule has 1 saturated heterocycles. The van der Waals surface area contributed by atoms with Crippen LogP contribution in [-0.4, -0.2) is 27.7 Å². The summed E-state index contributed by atoms with van der Waals surface area (Å²) in [4.78, 5) is 31.0. The van der Waals surface area contributed by atoms with E-state index in [-0.39, 0.29) is 34.1 Å². The summed E-state index contributed by atoms with van der Waals surface area (Å²) in [6.07, 6.45) is -2.42. The smallest absolute Gasteiger partial charge is 0.364 e. The Labute approximate surface area is 158 Å². The maximum Gasteiger partial charge on any atom is 0.417 e. The molecule has 1 saturated carbocycles. The van der Waals surface area contributed by atoms with Gasteiger partial charge in [-0.15, -0.1) is 0 Å². The lowest BCUT2D eigenvalue weighted by Gasteiger charge is -2.31. The SMILES string of the molecule is C[C@H]1[C@@H](C2CC2)[C@H](c2cc(=O)c3c(C(N)=O)nccc3[nH]2)O[C@@]1(C)C(F)(F)F. The number of alkyl halides is 3. The minimum Gasteiger partial charge on any atom is -0.364 e. The number of nitrogens with zero attached hydrogens (tertiary/aromatic N) is 1. The molecule has 150 valence electrons. The number of carbonyl (C=O) groups is 1. The van der Waals surface area contributed by atoms with Crippen molar-refractivity contribution in [3.05, 3.63) is 39.9 Å². The van der Waals surface area contributed by atoms with Gasteiger partial charge in [-0.2, -0.15) is 13.2 Å². The van der Waals surface area contributed by atoms with Gasteiger partial charge in [0.1, 0.15) is 11.8 Å². The van der Waals surface area contributed by atoms with Crippen LogP contribution in [0.5, 0.6) is 0 Å². The zero-order valence-corrected chi connectivity index (χ0v) is 15.3. The lowest BCUT2D eigenvalue weighted by atomic mass is 9.78. The first kappa shape index (κ1) is 18.9. The highest BCUT2D eigenvalue weighted by Gasteiger charge is 2.66. The number of fused-ring (bicyclic) bond motifs is 1. The van der Waals surface area contributed by atoms with Crippen molar-refractivity contribution in [3.63, 3.8) is 0 Å². The van der Waals surface area contributed by atoms with Crippen molar-refractivity contribution in [1.29, 1.82) is 0 Å². The first-order chi connectivity index (χ1) is 13.0. The minimum atomic E-state index is -4.53. The Balaban J connectivity index is 1.85. The highest BCUT2D eigenvalue weighted by atomic mass is 19.4. The van der Waals surface area contributed by atoms with Crippen LogP contribution in [0.2, 0.25) is 0 Å². The van der Waals surface area contributed by atoms with Crippen molar-refractivity contribution in [1.82, 2.24) is 9.97 Å². The number of nitrogens with two attached hydrogens (primary N) is 1. The third-order valence-electron chi connectivity index (χ3n) is 6.20. The van der Waals surface area contributed by atoms with E-state index in [0.717, 1.165) is 19.8 Å². The normalized spacial score (nSPS) is 30.7. The number of aromatic nitrogens is 2. The fraction of sp³-hybridized carbons (Fsp3) is 0.526. The van der Waals surface area contributed by atoms with E-state index in [4.69, 9.17) is 10.5 Å². The van der Waals surface area contributed by atoms with E-state index in [0.29, 0.717) is 0 Å². The Morgan fingerprint density at radius 3 is 2.64 bits per heavy atom. The van der Waals surface area contributed by atoms with Crippen molar-refractivity contribution in [2.24, 2.45) is 23.5 Å². The predicted molar refractivity (Wildman–Crippen MR) is 94.5 cm³/mol. The number of nitrogens with one attached hydrogen (secondary N) is 1. The molecule has 2 aliphatic rings. The summed E-state index contributed by atoms with van der Waals surface area (Å²) in [6, 6.07) is 2.69. The van der Waals surface area contributed by atoms with Crippen LogP contribution < -0.4 is 11.2 Å². The highest BCUT2D eigenvalue weighted by Crippen LogP contribution is 2.60. The van der Waals surface area contributed by atoms with Crippen LogP contribution in [0.3, 0.4) is 0 Å². The molecule has 0 unspecified atom stereocenters. The molecule has 0 bridgehead atoms. The molecule has 4 atom stereocenters. The van der Waals surface area contributed by atoms with Crippen molar-refractivity contribution < 1.29 is 22.7 Å². The molecule has 28 heavy (non-hydrogen) atoms. The summed E-state index contributed by atoms with van der Waals surface area (Å²) in [7, 11) is 0. The number of rotatable bonds is 3. The fourth-order valence-electron chi connectivity index (χ4n) is 4.37. The molecule has 2 aromatic heterocycles. The van der Waals surface area contributed by atoms with Crippen LogP contribution in [0.1, 0.15) is 49.0 Å². The van der Waals surface area contributed by atoms with Gasteiger partial charge in [-0.25, -0.2) is 0 Å². The number of H-pyrrole nitrogens is 1. The van der Waals surface area contributed by atoms with Crippen molar-refractivity contribution in [2.75, 3.05) is 0 Å². The Bertz CT molecular complexity index is 1010. The van der Waals surface area contributed by atoms with E-state index in [2.05, 4.69) is 9.97 Å². The monoisotopic (exact) mass is 395 g/mol. The second-order valence-corrected chi connectivity index (χ2v) is 7.88. The third kappa shape index (κ3) is 2.71. The second kappa shape index (κ2) is 6.04. The zero-order valence-electron chi connectivity index (χ0n) is 15.3. The molecule has 1 amide bonds. The number of pyridine rings is 2. The van der Waals surface area contributed by atoms with E-state index < -0.39 is 35.1 Å². The van der Waals surface area contributed by atoms with Gasteiger partial charge < -0.3 is 15.5 Å². The molecule has 3 heterocycles. The molecule has 4 rings (SSSR count). The van der Waals surface area contributed by atoms with E-state index in [1.54, 1.807) is 6.92 Å². The standard InChI is InChI=1S/C19H20F3N3O3/c1-8-13(9-3-4-9)16(28-18(8,2)19(20,21)22)11-7-12(26)14-10(25-11)5-6-24-15(14)17(23)27/h5-9,13,16H,3-4H2,1-2H3,(H2,23,27)(H,25,26)/t8-,13-,16-,18+/m0/s1. The van der Waals surface area contributed by atoms with Crippen molar-refractivity contribution >= 4 is 16.8 Å². The number of ether oxygens (including phenoxy) is 1. The minimum absolute atomic E-state index is 0.0198. The van der Waals surface area contributed by atoms with Crippen LogP contribution >= 0.6 is 0 Å². The second-order valence-electron chi connectivity index (χ2n) is 7.88. The molecule has 6 nitrogen and oxygen atoms in total. The predicted octanol–water partition coefficient (Wildman–Crippen LogP) is 3.08. The van der Waals surface area contributed by atoms with Crippen LogP contribution in [0, 0.1) is 17.8 Å². The highest BCUT2D eigenvalue weighted by molar-refractivity contribution is 6.03. The summed E-state index contributed by atoms with van der Waals surface area (Å²) >= 11 is 0. The van der Waals surface area contributed by atoms with Crippen LogP contribution in [0.4, 0.5) is 13.2 Å². The lowest BCUT2D eigenvalue weighted by molar-refractivity contribution is -0.275. The number of carbonyl (C=O) groups excluding carboxylic acids is 1. The average Bonchev–Trinajstić information content (AvgIpc) is 3.39. The van der Waals surface area contributed by atoms with Crippen LogP contribution in [0.25, 0.3) is 10.9 Å². The van der Waals surface area contributed by atoms with E-state index in [9.17, 15) is 22.8 Å². The summed E-state index contributed by atoms with van der Waals surface area (Å²) in [5, 5.41) is 0.0198. The van der Waals surface area contributed by atoms with Crippen LogP contribution in [-0.2, 0) is 4.74 Å². The number of amides is 1. The Morgan fingerprint density at radius 1 is 1.39 bits per heavy atom. The molecular weight excluding hydrogens is 375 g/mol. The van der Waals surface area contributed by atoms with Gasteiger partial charge in [0.25, 0.3) is 5.91 Å². The average molecular weight is 395 g/mol. The Kier molecular flexibility index (Phi) is 4.08. The van der Waals surface area contributed by atoms with Gasteiger partial charge in [-0.05, 0) is 43.6 Å². The Hall–Kier alpha value is -2.42. The van der Waals surface area contributed by atoms with Crippen molar-refractivity contribution in [3.8, 4) is 0 Å². The molecule has 3 N–H and O–H groups in total. The van der Waals surface area contributed by atoms with Gasteiger partial charge in [0.05, 0.1) is 10.9 Å². The van der Waals surface area contributed by atoms with Crippen LogP contribution in [0.15, 0.2) is 23.1 Å². The van der Waals surface area contributed by atoms with Gasteiger partial charge in [-0.1, -0.05) is 6.92 Å². The molecule has 9 heteroatoms. The number of halogens is 3. The van der Waals surface area contributed by atoms with Gasteiger partial charge in [-0.3, -0.25) is 14.6 Å². The molecule has 1 aliphatic heterocycles. The molecule has 2 fully saturated rings. The third-order valence-corrected chi connectivity index (χ3v) is 6.20. The van der Waals surface area contributed by atoms with Gasteiger partial charge in [0, 0.05) is 18.0 Å². The molecule has 0 radical (unpaired) electrons. The fourth-order valence-corrected chi connectivity index (χ4v) is 4.37. The molecule has 1 aliphatic carbocycles. The number of hydrogen-bond acceptors (Lipinski definition) is 4. The first-order valence-corrected chi connectivity index (χ1v) is 9.11. The topological polar surface area (TPSA) is 98.1 Å². The molecule has 0 aromatic carbocycles. The summed E-state index contributed by atoms with van der Waals surface area (Å²) in [5.41, 5.74) is 2.84. The molecule has 2 aromatic rings. The first-order valence-electron chi connectivity index (χ1n) is 9.11. The largest absolute Gasteiger partial charge is 0.417 e. The maximum atomic E-state index is 13.8. The Morgan fingerprint density at radius 2 is 2.07 bits per heavy atom. The maximum absolute atomic E-state index is 13.8. The quantitative estimate of drug-likeness (QED) is 0.834. The van der Waals surface area contributed by atoms with E-state index >= 15 is 0 Å². The number of aromatic amines is 1. The summed E-state index contributed by atoms with van der Waals surface area (Å²) in [6.45, 7) is 2.63. The molecule has 0 spiro atoms. The van der Waals surface area contributed by atoms with Gasteiger partial charge in [0.2, 0.25) is 0 Å². The van der Waals surface area contributed by atoms with Gasteiger partial charge in [0.15, 0.2) is 11.0 Å². The summed E-state index contributed by atoms with van der Waals surface area (Å²) < 4.78 is 46.9. The summed E-state index contributed by atoms with van der Waals surface area (Å²) in [5.74, 6) is -1.85. The van der Waals surface area contributed by atoms with E-state index in [1.807, 2.05) is 0 Å². The number of primary amides is 1. The van der Waals surface area contributed by atoms with Crippen molar-refractivity contribution in [2.45, 2.75) is 44.6 Å². The van der Waals surface area contributed by atoms with Gasteiger partial charge >= 0.3 is 6.18 Å². The number of hydrogen-bond donors (Lipinski definition) is 2. The lowest BCUT2D eigenvalue weighted by Crippen LogP contribution is -2.47. The van der Waals surface area contributed by atoms with E-state index in [1.165, 1.54) is 18.3 Å². The zero-order chi connectivity index (χ0) is 20.4.